The van der Waals surface area contributed by atoms with E-state index >= 15 is 0 Å². The van der Waals surface area contributed by atoms with E-state index in [0.717, 1.165) is 18.8 Å². The predicted octanol–water partition coefficient (Wildman–Crippen LogP) is 7.97. The fourth-order valence-electron chi connectivity index (χ4n) is 5.13. The Morgan fingerprint density at radius 3 is 1.60 bits per heavy atom. The van der Waals surface area contributed by atoms with Gasteiger partial charge < -0.3 is 0 Å². The van der Waals surface area contributed by atoms with E-state index < -0.39 is 18.4 Å². The molecule has 0 spiro atoms. The van der Waals surface area contributed by atoms with Crippen molar-refractivity contribution >= 4 is 25.5 Å². The normalized spacial score (nSPS) is 11.3. The molecule has 35 heavy (non-hydrogen) atoms. The predicted molar refractivity (Wildman–Crippen MR) is 154 cm³/mol. The molecule has 0 N–H and O–H groups in total. The third kappa shape index (κ3) is 7.01. The van der Waals surface area contributed by atoms with Gasteiger partial charge in [-0.1, -0.05) is 18.2 Å². The summed E-state index contributed by atoms with van der Waals surface area (Å²) in [6.45, 7) is 3.12. The van der Waals surface area contributed by atoms with E-state index in [1.54, 1.807) is 7.16 Å². The second kappa shape index (κ2) is 13.5. The van der Waals surface area contributed by atoms with Crippen molar-refractivity contribution in [2.24, 2.45) is 0 Å². The molecule has 0 aliphatic rings. The fourth-order valence-corrected chi connectivity index (χ4v) is 20.0. The summed E-state index contributed by atoms with van der Waals surface area (Å²) >= 11 is -2.73. The van der Waals surface area contributed by atoms with E-state index in [1.165, 1.54) is 45.7 Å². The minimum absolute atomic E-state index is 0.791. The Bertz CT molecular complexity index is 1070. The first-order valence-electron chi connectivity index (χ1n) is 13.2. The molecule has 0 radical (unpaired) electrons. The molecule has 0 aliphatic heterocycles. The Kier molecular flexibility index (Phi) is 9.89. The molecule has 1 nitrogen and oxygen atoms in total. The van der Waals surface area contributed by atoms with Crippen LogP contribution < -0.4 is 11.9 Å². The topological polar surface area (TPSA) is 9.23 Å². The van der Waals surface area contributed by atoms with Gasteiger partial charge in [0.2, 0.25) is 0 Å². The van der Waals surface area contributed by atoms with E-state index in [2.05, 4.69) is 122 Å². The van der Waals surface area contributed by atoms with Gasteiger partial charge in [-0.2, -0.15) is 0 Å². The summed E-state index contributed by atoms with van der Waals surface area (Å²) in [5.74, 6) is 0.967. The summed E-state index contributed by atoms with van der Waals surface area (Å²) in [6.07, 6.45) is 6.24. The van der Waals surface area contributed by atoms with Crippen molar-refractivity contribution < 1.29 is 4.74 Å². The molecule has 4 aromatic carbocycles. The quantitative estimate of drug-likeness (QED) is 0.117. The van der Waals surface area contributed by atoms with Gasteiger partial charge in [0, 0.05) is 0 Å². The summed E-state index contributed by atoms with van der Waals surface area (Å²) in [5.41, 5.74) is 2.48. The number of ether oxygens (including phenoxy) is 1. The minimum atomic E-state index is -2.73. The van der Waals surface area contributed by atoms with E-state index in [-0.39, 0.29) is 0 Å². The number of hydrogen-bond acceptors (Lipinski definition) is 1. The molecule has 0 heterocycles. The first-order valence-corrected chi connectivity index (χ1v) is 20.1. The zero-order chi connectivity index (χ0) is 24.2. The van der Waals surface area contributed by atoms with Crippen LogP contribution >= 0.6 is 0 Å². The van der Waals surface area contributed by atoms with Crippen LogP contribution in [0, 0.1) is 0 Å². The Balaban J connectivity index is 1.33. The van der Waals surface area contributed by atoms with E-state index in [1.807, 2.05) is 0 Å². The molecule has 0 aromatic heterocycles. The molecule has 4 aromatic rings. The van der Waals surface area contributed by atoms with Crippen molar-refractivity contribution in [2.45, 2.75) is 47.9 Å². The SMILES string of the molecule is CCC[CH2][Sn]([CH2]CCCCOc1ccc(-c2ccccc2)cc1)([c]1ccccc1)[c]1ccccc1. The van der Waals surface area contributed by atoms with Gasteiger partial charge >= 0.3 is 199 Å². The first kappa shape index (κ1) is 25.6. The number of rotatable bonds is 13. The summed E-state index contributed by atoms with van der Waals surface area (Å²) in [4.78, 5) is 0. The molecule has 2 heteroatoms. The third-order valence-corrected chi connectivity index (χ3v) is 22.2. The van der Waals surface area contributed by atoms with Crippen molar-refractivity contribution in [3.63, 3.8) is 0 Å². The van der Waals surface area contributed by atoms with Gasteiger partial charge in [-0.15, -0.1) is 0 Å². The van der Waals surface area contributed by atoms with E-state index in [0.29, 0.717) is 0 Å². The molecule has 0 fully saturated rings. The molecule has 0 unspecified atom stereocenters. The summed E-state index contributed by atoms with van der Waals surface area (Å²) in [5, 5.41) is 0. The van der Waals surface area contributed by atoms with Crippen molar-refractivity contribution in [2.75, 3.05) is 6.61 Å². The van der Waals surface area contributed by atoms with Crippen LogP contribution in [0.3, 0.4) is 0 Å². The van der Waals surface area contributed by atoms with Crippen LogP contribution in [-0.2, 0) is 0 Å². The second-order valence-corrected chi connectivity index (χ2v) is 21.8. The van der Waals surface area contributed by atoms with Crippen molar-refractivity contribution in [3.8, 4) is 16.9 Å². The van der Waals surface area contributed by atoms with Crippen LogP contribution in [0.25, 0.3) is 11.1 Å². The van der Waals surface area contributed by atoms with Crippen LogP contribution in [0.1, 0.15) is 39.0 Å². The molecule has 0 atom stereocenters. The van der Waals surface area contributed by atoms with Crippen molar-refractivity contribution in [1.82, 2.24) is 0 Å². The molecule has 4 rings (SSSR count). The number of hydrogen-bond donors (Lipinski definition) is 0. The monoisotopic (exact) mass is 570 g/mol. The van der Waals surface area contributed by atoms with Gasteiger partial charge in [0.05, 0.1) is 0 Å². The molecule has 0 saturated heterocycles. The molecular formula is C33H38OSn. The zero-order valence-electron chi connectivity index (χ0n) is 21.0. The van der Waals surface area contributed by atoms with Gasteiger partial charge in [0.15, 0.2) is 0 Å². The van der Waals surface area contributed by atoms with Gasteiger partial charge in [-0.3, -0.25) is 0 Å². The Morgan fingerprint density at radius 2 is 1.03 bits per heavy atom. The number of benzene rings is 4. The fraction of sp³-hybridized carbons (Fsp3) is 0.273. The standard InChI is InChI=1S/C17H19O.2C6H5.C4H9.Sn/c1-2-3-7-14-18-17-12-10-16(11-13-17)15-8-5-4-6-9-15;2*1-2-4-6-5-3-1;1-3-4-2;/h4-6,8-13H,1-3,7,14H2;2*1-5H;1,3-4H2,2H3;. The van der Waals surface area contributed by atoms with Crippen LogP contribution in [0.4, 0.5) is 0 Å². The molecular weight excluding hydrogens is 531 g/mol. The van der Waals surface area contributed by atoms with Crippen molar-refractivity contribution in [3.05, 3.63) is 115 Å². The first-order chi connectivity index (χ1) is 17.3. The molecule has 180 valence electrons. The maximum absolute atomic E-state index is 6.08. The van der Waals surface area contributed by atoms with Gasteiger partial charge in [0.25, 0.3) is 0 Å². The molecule has 0 amide bonds. The molecule has 0 bridgehead atoms. The van der Waals surface area contributed by atoms with Crippen molar-refractivity contribution in [1.29, 1.82) is 0 Å². The average Bonchev–Trinajstić information content (AvgIpc) is 2.94. The Hall–Kier alpha value is -2.52. The third-order valence-electron chi connectivity index (χ3n) is 7.09. The molecule has 0 aliphatic carbocycles. The van der Waals surface area contributed by atoms with Crippen LogP contribution in [0.15, 0.2) is 115 Å². The Labute approximate surface area is 216 Å². The zero-order valence-corrected chi connectivity index (χ0v) is 23.9. The van der Waals surface area contributed by atoms with Gasteiger partial charge in [0.1, 0.15) is 0 Å². The second-order valence-electron chi connectivity index (χ2n) is 9.47. The average molecular weight is 569 g/mol. The van der Waals surface area contributed by atoms with Gasteiger partial charge in [-0.05, 0) is 0 Å². The molecule has 0 saturated carbocycles. The van der Waals surface area contributed by atoms with Crippen LogP contribution in [-0.4, -0.2) is 25.0 Å². The maximum atomic E-state index is 6.08. The van der Waals surface area contributed by atoms with Gasteiger partial charge in [-0.25, -0.2) is 0 Å². The summed E-state index contributed by atoms with van der Waals surface area (Å²) in [7, 11) is 0. The summed E-state index contributed by atoms with van der Waals surface area (Å²) < 4.78 is 12.2. The van der Waals surface area contributed by atoms with Crippen LogP contribution in [0.5, 0.6) is 5.75 Å². The Morgan fingerprint density at radius 1 is 0.514 bits per heavy atom. The van der Waals surface area contributed by atoms with Crippen LogP contribution in [0.2, 0.25) is 8.87 Å². The van der Waals surface area contributed by atoms with E-state index in [9.17, 15) is 0 Å². The number of unbranched alkanes of at least 4 members (excludes halogenated alkanes) is 3. The summed E-state index contributed by atoms with van der Waals surface area (Å²) in [6, 6.07) is 42.0. The van der Waals surface area contributed by atoms with E-state index in [4.69, 9.17) is 4.74 Å².